The van der Waals surface area contributed by atoms with Gasteiger partial charge in [-0.1, -0.05) is 36.1 Å². The van der Waals surface area contributed by atoms with E-state index in [9.17, 15) is 14.4 Å². The van der Waals surface area contributed by atoms with Crippen molar-refractivity contribution < 1.29 is 19.1 Å². The second kappa shape index (κ2) is 13.5. The molecular weight excluding hydrogens is 522 g/mol. The fourth-order valence-corrected chi connectivity index (χ4v) is 4.05. The van der Waals surface area contributed by atoms with Crippen LogP contribution in [0.15, 0.2) is 74.1 Å². The molecule has 0 aliphatic carbocycles. The SMILES string of the molecule is C=C.CN1C(=O)C(NC(=O)c2n[nH]c(Cc3ccc(C#CCCn4cc(C=O)cn4)cc3)n2)COc2ccccc21. The summed E-state index contributed by atoms with van der Waals surface area (Å²) < 4.78 is 7.43. The van der Waals surface area contributed by atoms with E-state index in [1.54, 1.807) is 30.1 Å². The molecule has 2 aromatic carbocycles. The third-order valence-electron chi connectivity index (χ3n) is 6.11. The number of nitrogens with zero attached hydrogens (tertiary/aromatic N) is 5. The molecule has 2 aromatic heterocycles. The molecule has 1 unspecified atom stereocenters. The van der Waals surface area contributed by atoms with E-state index in [2.05, 4.69) is 50.6 Å². The summed E-state index contributed by atoms with van der Waals surface area (Å²) in [7, 11) is 1.64. The minimum Gasteiger partial charge on any atom is -0.489 e. The molecule has 2 amide bonds. The maximum atomic E-state index is 12.9. The van der Waals surface area contributed by atoms with Crippen LogP contribution in [0.4, 0.5) is 5.69 Å². The molecule has 5 rings (SSSR count). The van der Waals surface area contributed by atoms with Crippen molar-refractivity contribution in [3.05, 3.63) is 102 Å². The zero-order valence-electron chi connectivity index (χ0n) is 22.5. The standard InChI is InChI=1S/C28H25N7O4.C2H4/c1-34-23-7-2-3-8-24(23)39-18-22(28(34)38)30-27(37)26-31-25(32-33-26)14-20-11-9-19(10-12-20)6-4-5-13-35-16-21(17-36)15-29-35;1-2/h2-3,7-12,15-17,22H,5,13-14,18H2,1H3,(H,30,37)(H,31,32,33);1-2H2. The minimum atomic E-state index is -0.876. The van der Waals surface area contributed by atoms with Crippen LogP contribution in [0.25, 0.3) is 0 Å². The van der Waals surface area contributed by atoms with E-state index in [-0.39, 0.29) is 18.3 Å². The maximum Gasteiger partial charge on any atom is 0.291 e. The van der Waals surface area contributed by atoms with Crippen molar-refractivity contribution in [2.24, 2.45) is 0 Å². The second-order valence-corrected chi connectivity index (χ2v) is 8.89. The summed E-state index contributed by atoms with van der Waals surface area (Å²) in [6, 6.07) is 14.0. The van der Waals surface area contributed by atoms with Gasteiger partial charge in [0.05, 0.1) is 24.0 Å². The highest BCUT2D eigenvalue weighted by Gasteiger charge is 2.31. The lowest BCUT2D eigenvalue weighted by molar-refractivity contribution is -0.120. The molecule has 1 aliphatic heterocycles. The number of hydrogen-bond acceptors (Lipinski definition) is 7. The molecule has 11 nitrogen and oxygen atoms in total. The van der Waals surface area contributed by atoms with E-state index >= 15 is 0 Å². The van der Waals surface area contributed by atoms with Crippen molar-refractivity contribution in [1.82, 2.24) is 30.3 Å². The summed E-state index contributed by atoms with van der Waals surface area (Å²) in [5.41, 5.74) is 3.02. The number of nitrogens with one attached hydrogen (secondary N) is 2. The third kappa shape index (κ3) is 7.13. The molecule has 0 spiro atoms. The van der Waals surface area contributed by atoms with Crippen molar-refractivity contribution in [2.45, 2.75) is 25.4 Å². The molecule has 11 heteroatoms. The summed E-state index contributed by atoms with van der Waals surface area (Å²) in [4.78, 5) is 42.1. The van der Waals surface area contributed by atoms with E-state index in [1.165, 1.54) is 11.1 Å². The number of aldehydes is 1. The first-order chi connectivity index (χ1) is 20.0. The van der Waals surface area contributed by atoms with Crippen LogP contribution in [0.5, 0.6) is 5.75 Å². The quantitative estimate of drug-likeness (QED) is 0.205. The third-order valence-corrected chi connectivity index (χ3v) is 6.11. The fraction of sp³-hybridized carbons (Fsp3) is 0.200. The van der Waals surface area contributed by atoms with Gasteiger partial charge in [-0.15, -0.1) is 18.3 Å². The Bertz CT molecular complexity index is 1580. The Hall–Kier alpha value is -5.50. The highest BCUT2D eigenvalue weighted by atomic mass is 16.5. The fourth-order valence-electron chi connectivity index (χ4n) is 4.05. The smallest absolute Gasteiger partial charge is 0.291 e. The normalized spacial score (nSPS) is 13.8. The number of likely N-dealkylation sites (N-methyl/N-ethyl adjacent to an activating group) is 1. The van der Waals surface area contributed by atoms with Gasteiger partial charge in [0, 0.05) is 31.6 Å². The van der Waals surface area contributed by atoms with Crippen molar-refractivity contribution in [1.29, 1.82) is 0 Å². The number of fused-ring (bicyclic) bond motifs is 1. The van der Waals surface area contributed by atoms with Crippen LogP contribution >= 0.6 is 0 Å². The molecule has 0 radical (unpaired) electrons. The van der Waals surface area contributed by atoms with Gasteiger partial charge in [0.2, 0.25) is 5.82 Å². The first kappa shape index (κ1) is 28.5. The molecule has 4 aromatic rings. The molecule has 0 fully saturated rings. The lowest BCUT2D eigenvalue weighted by atomic mass is 10.1. The Kier molecular flexibility index (Phi) is 9.41. The topological polar surface area (TPSA) is 135 Å². The number of hydrogen-bond donors (Lipinski definition) is 2. The van der Waals surface area contributed by atoms with Gasteiger partial charge in [0.15, 0.2) is 6.29 Å². The molecule has 2 N–H and O–H groups in total. The Morgan fingerprint density at radius 2 is 2.00 bits per heavy atom. The number of anilines is 1. The first-order valence-electron chi connectivity index (χ1n) is 12.8. The number of rotatable bonds is 7. The number of carbonyl (C=O) groups is 3. The van der Waals surface area contributed by atoms with Gasteiger partial charge in [0.25, 0.3) is 11.8 Å². The number of amides is 2. The number of para-hydroxylation sites is 2. The Morgan fingerprint density at radius 1 is 1.22 bits per heavy atom. The van der Waals surface area contributed by atoms with E-state index in [0.29, 0.717) is 42.2 Å². The van der Waals surface area contributed by atoms with Gasteiger partial charge in [0.1, 0.15) is 24.2 Å². The van der Waals surface area contributed by atoms with Crippen LogP contribution in [0.2, 0.25) is 0 Å². The Labute approximate surface area is 237 Å². The van der Waals surface area contributed by atoms with Gasteiger partial charge < -0.3 is 15.0 Å². The van der Waals surface area contributed by atoms with E-state index in [4.69, 9.17) is 4.74 Å². The number of benzene rings is 2. The van der Waals surface area contributed by atoms with Gasteiger partial charge in [-0.2, -0.15) is 5.10 Å². The maximum absolute atomic E-state index is 12.9. The Morgan fingerprint density at radius 3 is 2.76 bits per heavy atom. The molecule has 0 saturated heterocycles. The van der Waals surface area contributed by atoms with Crippen LogP contribution in [0.3, 0.4) is 0 Å². The van der Waals surface area contributed by atoms with Gasteiger partial charge >= 0.3 is 0 Å². The highest BCUT2D eigenvalue weighted by Crippen LogP contribution is 2.29. The van der Waals surface area contributed by atoms with Gasteiger partial charge in [-0.05, 0) is 29.8 Å². The van der Waals surface area contributed by atoms with E-state index < -0.39 is 11.9 Å². The average molecular weight is 552 g/mol. The summed E-state index contributed by atoms with van der Waals surface area (Å²) in [6.45, 7) is 6.61. The van der Waals surface area contributed by atoms with Crippen molar-refractivity contribution in [3.63, 3.8) is 0 Å². The molecular formula is C30H29N7O4. The van der Waals surface area contributed by atoms with Gasteiger partial charge in [-0.25, -0.2) is 4.98 Å². The predicted octanol–water partition coefficient (Wildman–Crippen LogP) is 2.80. The van der Waals surface area contributed by atoms with Crippen molar-refractivity contribution in [3.8, 4) is 17.6 Å². The number of aromatic amines is 1. The monoisotopic (exact) mass is 551 g/mol. The number of aryl methyl sites for hydroxylation is 1. The molecule has 1 atom stereocenters. The average Bonchev–Trinajstić information content (AvgIpc) is 3.66. The van der Waals surface area contributed by atoms with E-state index in [1.807, 2.05) is 36.4 Å². The van der Waals surface area contributed by atoms with Crippen LogP contribution in [-0.2, 0) is 17.8 Å². The highest BCUT2D eigenvalue weighted by molar-refractivity contribution is 6.02. The summed E-state index contributed by atoms with van der Waals surface area (Å²) >= 11 is 0. The lowest BCUT2D eigenvalue weighted by Gasteiger charge is -2.19. The molecule has 1 aliphatic rings. The summed E-state index contributed by atoms with van der Waals surface area (Å²) in [6.07, 6.45) is 5.02. The largest absolute Gasteiger partial charge is 0.489 e. The number of ether oxygens (including phenoxy) is 1. The summed E-state index contributed by atoms with van der Waals surface area (Å²) in [5.74, 6) is 6.39. The van der Waals surface area contributed by atoms with Crippen molar-refractivity contribution >= 4 is 23.8 Å². The molecule has 41 heavy (non-hydrogen) atoms. The predicted molar refractivity (Wildman–Crippen MR) is 153 cm³/mol. The lowest BCUT2D eigenvalue weighted by Crippen LogP contribution is -2.49. The Balaban J connectivity index is 0.00000189. The van der Waals surface area contributed by atoms with Gasteiger partial charge in [-0.3, -0.25) is 24.2 Å². The van der Waals surface area contributed by atoms with Crippen LogP contribution in [0.1, 0.15) is 44.3 Å². The number of carbonyl (C=O) groups excluding carboxylic acids is 3. The van der Waals surface area contributed by atoms with E-state index in [0.717, 1.165) is 17.4 Å². The minimum absolute atomic E-state index is 0.00277. The zero-order chi connectivity index (χ0) is 29.2. The summed E-state index contributed by atoms with van der Waals surface area (Å²) in [5, 5.41) is 13.6. The zero-order valence-corrected chi connectivity index (χ0v) is 22.5. The first-order valence-corrected chi connectivity index (χ1v) is 12.8. The van der Waals surface area contributed by atoms with Crippen LogP contribution in [-0.4, -0.2) is 62.8 Å². The number of H-pyrrole nitrogens is 1. The number of aromatic nitrogens is 5. The molecule has 0 saturated carbocycles. The van der Waals surface area contributed by atoms with Crippen LogP contribution in [0, 0.1) is 11.8 Å². The van der Waals surface area contributed by atoms with Crippen LogP contribution < -0.4 is 15.0 Å². The van der Waals surface area contributed by atoms with Crippen molar-refractivity contribution in [2.75, 3.05) is 18.6 Å². The molecule has 3 heterocycles. The second-order valence-electron chi connectivity index (χ2n) is 8.89. The molecule has 0 bridgehead atoms. The molecule has 208 valence electrons.